The molecule has 7 rings (SSSR count). The van der Waals surface area contributed by atoms with E-state index in [1.54, 1.807) is 6.26 Å². The molecule has 3 aliphatic rings. The Hall–Kier alpha value is -3.61. The Morgan fingerprint density at radius 3 is 2.36 bits per heavy atom. The predicted molar refractivity (Wildman–Crippen MR) is 140 cm³/mol. The van der Waals surface area contributed by atoms with Crippen LogP contribution < -0.4 is 4.90 Å². The lowest BCUT2D eigenvalue weighted by atomic mass is 9.69. The fraction of sp³-hybridized carbons (Fsp3) is 0.167. The molecule has 5 nitrogen and oxygen atoms in total. The fourth-order valence-electron chi connectivity index (χ4n) is 5.90. The highest BCUT2D eigenvalue weighted by atomic mass is 79.9. The van der Waals surface area contributed by atoms with E-state index < -0.39 is 11.5 Å². The quantitative estimate of drug-likeness (QED) is 0.309. The average molecular weight is 540 g/mol. The highest BCUT2D eigenvalue weighted by molar-refractivity contribution is 9.10. The number of nitrogens with zero attached hydrogens (tertiary/aromatic N) is 1. The molecule has 2 unspecified atom stereocenters. The normalized spacial score (nSPS) is 22.2. The summed E-state index contributed by atoms with van der Waals surface area (Å²) in [6, 6.07) is 27.8. The van der Waals surface area contributed by atoms with Gasteiger partial charge in [-0.25, -0.2) is 0 Å². The van der Waals surface area contributed by atoms with Crippen LogP contribution in [0.4, 0.5) is 5.69 Å². The number of carbonyl (C=O) groups is 1. The van der Waals surface area contributed by atoms with Crippen LogP contribution in [0, 0.1) is 0 Å². The van der Waals surface area contributed by atoms with Gasteiger partial charge < -0.3 is 13.9 Å². The van der Waals surface area contributed by atoms with Crippen molar-refractivity contribution < 1.29 is 18.7 Å². The molecule has 36 heavy (non-hydrogen) atoms. The van der Waals surface area contributed by atoms with Crippen LogP contribution in [0.25, 0.3) is 6.08 Å². The minimum absolute atomic E-state index is 0.0920. The number of ether oxygens (including phenoxy) is 2. The van der Waals surface area contributed by atoms with Crippen LogP contribution >= 0.6 is 15.9 Å². The largest absolute Gasteiger partial charge is 0.493 e. The number of furan rings is 1. The van der Waals surface area contributed by atoms with E-state index in [2.05, 4.69) is 40.2 Å². The lowest BCUT2D eigenvalue weighted by Gasteiger charge is -2.41. The third-order valence-corrected chi connectivity index (χ3v) is 7.82. The lowest BCUT2D eigenvalue weighted by molar-refractivity contribution is -0.133. The minimum Gasteiger partial charge on any atom is -0.493 e. The molecule has 2 aliphatic heterocycles. The molecule has 2 atom stereocenters. The van der Waals surface area contributed by atoms with Gasteiger partial charge in [-0.1, -0.05) is 76.6 Å². The van der Waals surface area contributed by atoms with Crippen molar-refractivity contribution in [3.63, 3.8) is 0 Å². The van der Waals surface area contributed by atoms with Crippen LogP contribution in [0.15, 0.2) is 106 Å². The number of hydrogen-bond acceptors (Lipinski definition) is 4. The minimum atomic E-state index is -1.20. The van der Waals surface area contributed by atoms with Gasteiger partial charge in [-0.15, -0.1) is 0 Å². The summed E-state index contributed by atoms with van der Waals surface area (Å²) in [4.78, 5) is 17.0. The molecule has 1 aromatic heterocycles. The van der Waals surface area contributed by atoms with Crippen LogP contribution in [0.2, 0.25) is 0 Å². The second-order valence-electron chi connectivity index (χ2n) is 9.22. The molecule has 178 valence electrons. The molecule has 0 N–H and O–H groups in total. The molecule has 0 saturated carbocycles. The number of fused-ring (bicyclic) bond motifs is 6. The second kappa shape index (κ2) is 8.22. The Kier molecular flexibility index (Phi) is 4.94. The number of benzene rings is 3. The first-order valence-corrected chi connectivity index (χ1v) is 12.8. The Bertz CT molecular complexity index is 1460. The molecule has 1 spiro atoms. The Morgan fingerprint density at radius 1 is 0.917 bits per heavy atom. The highest BCUT2D eigenvalue weighted by Gasteiger charge is 2.64. The number of halogens is 1. The smallest absolute Gasteiger partial charge is 0.249 e. The SMILES string of the molecule is O=C1N(C(c2ccccc2)c2ccccc2)c2ccc(Br)cc2C12c1occc1C=C1OCCOC12. The molecule has 3 aromatic carbocycles. The second-order valence-corrected chi connectivity index (χ2v) is 10.1. The van der Waals surface area contributed by atoms with Crippen LogP contribution in [-0.2, 0) is 19.7 Å². The zero-order valence-electron chi connectivity index (χ0n) is 19.3. The zero-order chi connectivity index (χ0) is 24.3. The Balaban J connectivity index is 1.52. The van der Waals surface area contributed by atoms with Crippen molar-refractivity contribution in [1.29, 1.82) is 0 Å². The number of amides is 1. The molecule has 3 heterocycles. The van der Waals surface area contributed by atoms with Crippen molar-refractivity contribution in [3.05, 3.63) is 129 Å². The molecule has 1 saturated heterocycles. The first-order chi connectivity index (χ1) is 17.7. The van der Waals surface area contributed by atoms with E-state index in [1.807, 2.05) is 71.6 Å². The van der Waals surface area contributed by atoms with E-state index in [0.29, 0.717) is 24.7 Å². The van der Waals surface area contributed by atoms with Gasteiger partial charge in [-0.05, 0) is 41.5 Å². The molecule has 6 heteroatoms. The summed E-state index contributed by atoms with van der Waals surface area (Å²) < 4.78 is 19.4. The first kappa shape index (κ1) is 21.7. The van der Waals surface area contributed by atoms with E-state index >= 15 is 4.79 Å². The average Bonchev–Trinajstić information content (AvgIpc) is 3.48. The molecule has 1 fully saturated rings. The fourth-order valence-corrected chi connectivity index (χ4v) is 6.27. The summed E-state index contributed by atoms with van der Waals surface area (Å²) in [6.45, 7) is 0.850. The topological polar surface area (TPSA) is 51.9 Å². The Labute approximate surface area is 217 Å². The van der Waals surface area contributed by atoms with Crippen molar-refractivity contribution in [2.45, 2.75) is 17.6 Å². The van der Waals surface area contributed by atoms with Gasteiger partial charge in [0.25, 0.3) is 0 Å². The van der Waals surface area contributed by atoms with Crippen LogP contribution in [0.1, 0.15) is 34.1 Å². The predicted octanol–water partition coefficient (Wildman–Crippen LogP) is 6.23. The number of anilines is 1. The van der Waals surface area contributed by atoms with E-state index in [9.17, 15) is 0 Å². The van der Waals surface area contributed by atoms with Gasteiger partial charge in [0.2, 0.25) is 5.91 Å². The van der Waals surface area contributed by atoms with Gasteiger partial charge in [0, 0.05) is 21.3 Å². The van der Waals surface area contributed by atoms with Crippen LogP contribution in [0.3, 0.4) is 0 Å². The molecule has 1 amide bonds. The third kappa shape index (κ3) is 2.95. The zero-order valence-corrected chi connectivity index (χ0v) is 20.9. The first-order valence-electron chi connectivity index (χ1n) is 12.0. The molecular weight excluding hydrogens is 518 g/mol. The monoisotopic (exact) mass is 539 g/mol. The summed E-state index contributed by atoms with van der Waals surface area (Å²) in [5, 5.41) is 0. The van der Waals surface area contributed by atoms with Crippen molar-refractivity contribution in [1.82, 2.24) is 0 Å². The van der Waals surface area contributed by atoms with Gasteiger partial charge in [0.15, 0.2) is 5.41 Å². The molecular formula is C30H22BrNO4. The Morgan fingerprint density at radius 2 is 1.64 bits per heavy atom. The van der Waals surface area contributed by atoms with Gasteiger partial charge in [-0.2, -0.15) is 0 Å². The summed E-state index contributed by atoms with van der Waals surface area (Å²) >= 11 is 3.65. The lowest BCUT2D eigenvalue weighted by Crippen LogP contribution is -2.55. The standard InChI is InChI=1S/C30H22BrNO4/c31-22-11-12-24-23(18-22)30(27-21(13-14-35-27)17-25-28(30)36-16-15-34-25)29(33)32(24)26(19-7-3-1-4-8-19)20-9-5-2-6-10-20/h1-14,17-18,26,28H,15-16H2. The highest BCUT2D eigenvalue weighted by Crippen LogP contribution is 2.57. The van der Waals surface area contributed by atoms with E-state index in [1.165, 1.54) is 0 Å². The molecule has 1 aliphatic carbocycles. The summed E-state index contributed by atoms with van der Waals surface area (Å²) in [5.41, 5.74) is 3.35. The van der Waals surface area contributed by atoms with Gasteiger partial charge in [0.1, 0.15) is 24.2 Å². The summed E-state index contributed by atoms with van der Waals surface area (Å²) in [7, 11) is 0. The summed E-state index contributed by atoms with van der Waals surface area (Å²) in [5.74, 6) is 1.16. The van der Waals surface area contributed by atoms with Crippen molar-refractivity contribution in [2.75, 3.05) is 18.1 Å². The van der Waals surface area contributed by atoms with Crippen molar-refractivity contribution in [3.8, 4) is 0 Å². The van der Waals surface area contributed by atoms with E-state index in [-0.39, 0.29) is 11.9 Å². The number of rotatable bonds is 3. The maximum atomic E-state index is 15.0. The molecule has 0 radical (unpaired) electrons. The van der Waals surface area contributed by atoms with Gasteiger partial charge in [-0.3, -0.25) is 9.69 Å². The van der Waals surface area contributed by atoms with Crippen molar-refractivity contribution in [2.24, 2.45) is 0 Å². The summed E-state index contributed by atoms with van der Waals surface area (Å²) in [6.07, 6.45) is 2.95. The van der Waals surface area contributed by atoms with E-state index in [4.69, 9.17) is 13.9 Å². The maximum Gasteiger partial charge on any atom is 0.249 e. The van der Waals surface area contributed by atoms with Crippen LogP contribution in [0.5, 0.6) is 0 Å². The third-order valence-electron chi connectivity index (χ3n) is 7.33. The van der Waals surface area contributed by atoms with Gasteiger partial charge in [0.05, 0.1) is 18.9 Å². The molecule has 4 aromatic rings. The maximum absolute atomic E-state index is 15.0. The van der Waals surface area contributed by atoms with Crippen molar-refractivity contribution >= 4 is 33.6 Å². The van der Waals surface area contributed by atoms with Gasteiger partial charge >= 0.3 is 0 Å². The number of carbonyl (C=O) groups excluding carboxylic acids is 1. The number of hydrogen-bond donors (Lipinski definition) is 0. The van der Waals surface area contributed by atoms with Crippen LogP contribution in [-0.4, -0.2) is 25.2 Å². The molecule has 0 bridgehead atoms. The van der Waals surface area contributed by atoms with E-state index in [0.717, 1.165) is 32.4 Å².